The van der Waals surface area contributed by atoms with Crippen LogP contribution in [-0.2, 0) is 0 Å². The third kappa shape index (κ3) is 3.56. The zero-order valence-electron chi connectivity index (χ0n) is 20.9. The average molecular weight is 503 g/mol. The van der Waals surface area contributed by atoms with Crippen molar-refractivity contribution in [3.05, 3.63) is 133 Å². The Morgan fingerprint density at radius 3 is 1.51 bits per heavy atom. The molecule has 0 aromatic heterocycles. The first-order valence-corrected chi connectivity index (χ1v) is 15.0. The Morgan fingerprint density at radius 1 is 0.514 bits per heavy atom. The summed E-state index contributed by atoms with van der Waals surface area (Å²) in [7, 11) is 1.69. The molecule has 0 spiro atoms. The molecule has 0 atom stereocenters. The average Bonchev–Trinajstić information content (AvgIpc) is 2.97. The van der Waals surface area contributed by atoms with Gasteiger partial charge in [0.05, 0.1) is 0 Å². The molecule has 0 aliphatic heterocycles. The molecular weight excluding hydrogens is 474 g/mol. The second-order valence-corrected chi connectivity index (χ2v) is 14.0. The summed E-state index contributed by atoms with van der Waals surface area (Å²) in [6.07, 6.45) is 0. The molecule has 182 valence electrons. The molecule has 0 unspecified atom stereocenters. The molecule has 0 radical (unpaired) electrons. The van der Waals surface area contributed by atoms with Crippen molar-refractivity contribution >= 4 is 44.4 Å². The first kappa shape index (κ1) is 23.4. The van der Waals surface area contributed by atoms with Crippen molar-refractivity contribution in [1.29, 1.82) is 0 Å². The number of benzene rings is 6. The van der Waals surface area contributed by atoms with Crippen LogP contribution >= 0.6 is 6.91 Å². The minimum absolute atomic E-state index is 0.704. The summed E-state index contributed by atoms with van der Waals surface area (Å²) < 4.78 is 24.8. The van der Waals surface area contributed by atoms with Crippen LogP contribution in [0.1, 0.15) is 0 Å². The van der Waals surface area contributed by atoms with Crippen molar-refractivity contribution in [2.45, 2.75) is 0 Å². The van der Waals surface area contributed by atoms with Crippen LogP contribution in [0, 0.1) is 0 Å². The molecule has 6 aromatic rings. The van der Waals surface area contributed by atoms with Crippen LogP contribution in [-0.4, -0.2) is 13.8 Å². The van der Waals surface area contributed by atoms with Crippen molar-refractivity contribution in [3.63, 3.8) is 0 Å². The summed E-state index contributed by atoms with van der Waals surface area (Å²) in [4.78, 5) is 0. The molecule has 0 N–H and O–H groups in total. The van der Waals surface area contributed by atoms with E-state index in [2.05, 4.69) is 36.4 Å². The second-order valence-electron chi connectivity index (χ2n) is 9.64. The van der Waals surface area contributed by atoms with Gasteiger partial charge in [0.2, 0.25) is 0 Å². The zero-order chi connectivity index (χ0) is 25.5. The summed E-state index contributed by atoms with van der Waals surface area (Å²) in [6, 6.07) is 44.0. The Balaban J connectivity index is 1.86. The number of methoxy groups -OCH3 is 1. The topological polar surface area (TPSA) is 9.23 Å². The minimum atomic E-state index is -4.42. The SMILES string of the molecule is COc1ccc2ccccc2c1-c1c(P(C)(F)(c2ccccc2)c2ccccc2)ccc2ccccc12. The Morgan fingerprint density at radius 2 is 0.973 bits per heavy atom. The maximum atomic E-state index is 18.9. The van der Waals surface area contributed by atoms with Crippen LogP contribution in [0.15, 0.2) is 133 Å². The van der Waals surface area contributed by atoms with E-state index < -0.39 is 6.91 Å². The maximum absolute atomic E-state index is 18.9. The summed E-state index contributed by atoms with van der Waals surface area (Å²) in [5, 5.41) is 6.32. The quantitative estimate of drug-likeness (QED) is 0.217. The van der Waals surface area contributed by atoms with Gasteiger partial charge in [0.25, 0.3) is 0 Å². The molecule has 6 aromatic carbocycles. The molecule has 1 nitrogen and oxygen atoms in total. The molecule has 0 bridgehead atoms. The van der Waals surface area contributed by atoms with Gasteiger partial charge in [-0.25, -0.2) is 0 Å². The number of fused-ring (bicyclic) bond motifs is 2. The molecule has 0 amide bonds. The second kappa shape index (κ2) is 8.83. The van der Waals surface area contributed by atoms with Gasteiger partial charge in [-0.2, -0.15) is 0 Å². The molecule has 0 saturated heterocycles. The van der Waals surface area contributed by atoms with Gasteiger partial charge < -0.3 is 0 Å². The summed E-state index contributed by atoms with van der Waals surface area (Å²) >= 11 is 0. The molecule has 0 heterocycles. The van der Waals surface area contributed by atoms with Crippen LogP contribution in [0.3, 0.4) is 0 Å². The van der Waals surface area contributed by atoms with E-state index in [1.165, 1.54) is 0 Å². The number of hydrogen-bond acceptors (Lipinski definition) is 1. The Kier molecular flexibility index (Phi) is 5.59. The standard InChI is InChI=1S/C34H28FOP/c1-36-31-23-21-25-13-9-11-19-29(25)33(31)34-30-20-12-10-14-26(30)22-24-32(34)37(2,35,27-15-5-3-6-16-27)28-17-7-4-8-18-28/h3-24H,1-2H3. The zero-order valence-corrected chi connectivity index (χ0v) is 21.8. The van der Waals surface area contributed by atoms with Gasteiger partial charge in [-0.1, -0.05) is 0 Å². The normalized spacial score (nSPS) is 12.8. The Labute approximate surface area is 217 Å². The third-order valence-electron chi connectivity index (χ3n) is 7.58. The van der Waals surface area contributed by atoms with E-state index >= 15 is 4.20 Å². The number of hydrogen-bond donors (Lipinski definition) is 0. The van der Waals surface area contributed by atoms with Gasteiger partial charge in [0.1, 0.15) is 0 Å². The fraction of sp³-hybridized carbons (Fsp3) is 0.0588. The van der Waals surface area contributed by atoms with Crippen LogP contribution < -0.4 is 20.7 Å². The van der Waals surface area contributed by atoms with Crippen molar-refractivity contribution in [3.8, 4) is 16.9 Å². The molecule has 6 rings (SSSR count). The van der Waals surface area contributed by atoms with Crippen molar-refractivity contribution in [1.82, 2.24) is 0 Å². The van der Waals surface area contributed by atoms with Crippen molar-refractivity contribution in [2.75, 3.05) is 13.8 Å². The predicted molar refractivity (Wildman–Crippen MR) is 159 cm³/mol. The van der Waals surface area contributed by atoms with Crippen molar-refractivity contribution < 1.29 is 8.93 Å². The van der Waals surface area contributed by atoms with E-state index in [0.717, 1.165) is 38.4 Å². The van der Waals surface area contributed by atoms with E-state index in [-0.39, 0.29) is 0 Å². The molecular formula is C34H28FOP. The molecule has 0 saturated carbocycles. The molecule has 3 heteroatoms. The molecule has 0 fully saturated rings. The third-order valence-corrected chi connectivity index (χ3v) is 12.2. The predicted octanol–water partition coefficient (Wildman–Crippen LogP) is 8.01. The van der Waals surface area contributed by atoms with Gasteiger partial charge in [-0.05, 0) is 0 Å². The number of rotatable bonds is 5. The fourth-order valence-corrected chi connectivity index (χ4v) is 9.45. The van der Waals surface area contributed by atoms with Crippen LogP contribution in [0.5, 0.6) is 5.75 Å². The number of ether oxygens (including phenoxy) is 1. The first-order chi connectivity index (χ1) is 18.0. The summed E-state index contributed by atoms with van der Waals surface area (Å²) in [5.41, 5.74) is 1.81. The Bertz CT molecular complexity index is 1700. The van der Waals surface area contributed by atoms with E-state index in [0.29, 0.717) is 15.9 Å². The van der Waals surface area contributed by atoms with Crippen LogP contribution in [0.25, 0.3) is 32.7 Å². The van der Waals surface area contributed by atoms with Gasteiger partial charge >= 0.3 is 217 Å². The monoisotopic (exact) mass is 502 g/mol. The molecule has 37 heavy (non-hydrogen) atoms. The van der Waals surface area contributed by atoms with Crippen molar-refractivity contribution in [2.24, 2.45) is 0 Å². The van der Waals surface area contributed by atoms with Gasteiger partial charge in [-0.3, -0.25) is 0 Å². The van der Waals surface area contributed by atoms with E-state index in [1.54, 1.807) is 7.11 Å². The molecule has 0 aliphatic rings. The van der Waals surface area contributed by atoms with E-state index in [9.17, 15) is 0 Å². The van der Waals surface area contributed by atoms with Crippen LogP contribution in [0.2, 0.25) is 0 Å². The van der Waals surface area contributed by atoms with Gasteiger partial charge in [0, 0.05) is 0 Å². The first-order valence-electron chi connectivity index (χ1n) is 12.4. The van der Waals surface area contributed by atoms with Crippen LogP contribution in [0.4, 0.5) is 4.20 Å². The van der Waals surface area contributed by atoms with E-state index in [4.69, 9.17) is 4.74 Å². The van der Waals surface area contributed by atoms with Gasteiger partial charge in [-0.15, -0.1) is 0 Å². The Hall–Kier alpha value is -4.00. The summed E-state index contributed by atoms with van der Waals surface area (Å²) in [5.74, 6) is 0.732. The van der Waals surface area contributed by atoms with Gasteiger partial charge in [0.15, 0.2) is 0 Å². The van der Waals surface area contributed by atoms with E-state index in [1.807, 2.05) is 104 Å². The number of halogens is 1. The molecule has 0 aliphatic carbocycles. The fourth-order valence-electron chi connectivity index (χ4n) is 5.64. The summed E-state index contributed by atoms with van der Waals surface area (Å²) in [6.45, 7) is -2.59.